The van der Waals surface area contributed by atoms with Crippen molar-refractivity contribution in [2.24, 2.45) is 7.05 Å². The number of likely N-dealkylation sites (tertiary alicyclic amines) is 1. The molecule has 2 fully saturated rings. The first kappa shape index (κ1) is 27.1. The number of hydrogen-bond acceptors (Lipinski definition) is 11. The molecule has 210 valence electrons. The second kappa shape index (κ2) is 11.3. The van der Waals surface area contributed by atoms with Gasteiger partial charge in [-0.05, 0) is 32.1 Å². The molecular formula is C26H37N9O4. The van der Waals surface area contributed by atoms with Gasteiger partial charge in [-0.25, -0.2) is 19.6 Å². The van der Waals surface area contributed by atoms with Gasteiger partial charge in [0.2, 0.25) is 11.8 Å². The second-order valence-corrected chi connectivity index (χ2v) is 11.1. The van der Waals surface area contributed by atoms with Crippen LogP contribution in [0.3, 0.4) is 0 Å². The number of carbonyl (C=O) groups is 1. The van der Waals surface area contributed by atoms with Crippen molar-refractivity contribution in [3.8, 4) is 23.1 Å². The molecule has 2 aliphatic heterocycles. The number of aromatic nitrogens is 7. The maximum Gasteiger partial charge on any atom is 0.270 e. The lowest BCUT2D eigenvalue weighted by Gasteiger charge is -2.31. The van der Waals surface area contributed by atoms with E-state index in [-0.39, 0.29) is 35.2 Å². The average molecular weight is 540 g/mol. The zero-order chi connectivity index (χ0) is 27.6. The Morgan fingerprint density at radius 2 is 1.95 bits per heavy atom. The summed E-state index contributed by atoms with van der Waals surface area (Å²) in [6.45, 7) is 8.41. The summed E-state index contributed by atoms with van der Waals surface area (Å²) in [5.74, 6) is 2.44. The van der Waals surface area contributed by atoms with Gasteiger partial charge in [0, 0.05) is 38.1 Å². The predicted molar refractivity (Wildman–Crippen MR) is 141 cm³/mol. The molecule has 13 nitrogen and oxygen atoms in total. The van der Waals surface area contributed by atoms with Gasteiger partial charge in [-0.2, -0.15) is 5.10 Å². The van der Waals surface area contributed by atoms with Crippen molar-refractivity contribution in [3.63, 3.8) is 0 Å². The molecule has 0 aliphatic carbocycles. The number of nitrogen functional groups attached to an aromatic ring is 1. The number of ether oxygens (including phenoxy) is 2. The molecule has 0 spiro atoms. The maximum atomic E-state index is 12.7. The van der Waals surface area contributed by atoms with Crippen molar-refractivity contribution in [1.29, 1.82) is 0 Å². The zero-order valence-corrected chi connectivity index (χ0v) is 23.1. The van der Waals surface area contributed by atoms with E-state index in [4.69, 9.17) is 24.6 Å². The summed E-state index contributed by atoms with van der Waals surface area (Å²) in [5, 5.41) is 12.9. The molecule has 3 aromatic heterocycles. The molecule has 3 aromatic rings. The van der Waals surface area contributed by atoms with Crippen LogP contribution in [0.1, 0.15) is 76.9 Å². The molecule has 39 heavy (non-hydrogen) atoms. The smallest absolute Gasteiger partial charge is 0.270 e. The predicted octanol–water partition coefficient (Wildman–Crippen LogP) is 2.84. The Morgan fingerprint density at radius 1 is 1.15 bits per heavy atom. The molecule has 0 saturated carbocycles. The third-order valence-corrected chi connectivity index (χ3v) is 7.05. The highest BCUT2D eigenvalue weighted by Gasteiger charge is 2.28. The van der Waals surface area contributed by atoms with Gasteiger partial charge in [0.05, 0.1) is 19.2 Å². The number of rotatable bonds is 7. The zero-order valence-electron chi connectivity index (χ0n) is 23.1. The minimum atomic E-state index is -0.304. The minimum Gasteiger partial charge on any atom is -0.419 e. The monoisotopic (exact) mass is 539 g/mol. The molecule has 1 atom stereocenters. The van der Waals surface area contributed by atoms with Crippen LogP contribution in [-0.2, 0) is 26.7 Å². The SMILES string of the molecule is Cn1nc(C2CCN(C(=O)CCOC3CCCCO3)CC2)nc1-c1cnc(N)c(-c2nnc(C(C)(C)C)o2)n1. The van der Waals surface area contributed by atoms with Crippen LogP contribution in [0, 0.1) is 0 Å². The van der Waals surface area contributed by atoms with E-state index in [0.29, 0.717) is 49.2 Å². The molecule has 13 heteroatoms. The Kier molecular flexibility index (Phi) is 7.89. The Labute approximate surface area is 227 Å². The van der Waals surface area contributed by atoms with Gasteiger partial charge in [0.25, 0.3) is 5.89 Å². The van der Waals surface area contributed by atoms with Crippen molar-refractivity contribution < 1.29 is 18.7 Å². The number of anilines is 1. The molecule has 0 aromatic carbocycles. The Bertz CT molecular complexity index is 1280. The number of piperidine rings is 1. The average Bonchev–Trinajstić information content (AvgIpc) is 3.57. The number of nitrogens with zero attached hydrogens (tertiary/aromatic N) is 8. The van der Waals surface area contributed by atoms with E-state index in [2.05, 4.69) is 25.3 Å². The van der Waals surface area contributed by atoms with Crippen LogP contribution in [0.5, 0.6) is 0 Å². The van der Waals surface area contributed by atoms with Crippen molar-refractivity contribution in [3.05, 3.63) is 17.9 Å². The van der Waals surface area contributed by atoms with E-state index >= 15 is 0 Å². The third-order valence-electron chi connectivity index (χ3n) is 7.05. The summed E-state index contributed by atoms with van der Waals surface area (Å²) >= 11 is 0. The molecule has 0 bridgehead atoms. The molecule has 1 unspecified atom stereocenters. The Morgan fingerprint density at radius 3 is 2.64 bits per heavy atom. The van der Waals surface area contributed by atoms with Crippen LogP contribution in [-0.4, -0.2) is 78.3 Å². The van der Waals surface area contributed by atoms with Crippen LogP contribution < -0.4 is 5.73 Å². The van der Waals surface area contributed by atoms with E-state index < -0.39 is 0 Å². The summed E-state index contributed by atoms with van der Waals surface area (Å²) in [6, 6.07) is 0. The summed E-state index contributed by atoms with van der Waals surface area (Å²) in [4.78, 5) is 28.3. The second-order valence-electron chi connectivity index (χ2n) is 11.1. The van der Waals surface area contributed by atoms with Crippen molar-refractivity contribution in [2.45, 2.75) is 76.9 Å². The Balaban J connectivity index is 1.21. The molecule has 5 heterocycles. The van der Waals surface area contributed by atoms with E-state index in [0.717, 1.165) is 44.5 Å². The number of hydrogen-bond donors (Lipinski definition) is 1. The van der Waals surface area contributed by atoms with Crippen LogP contribution in [0.4, 0.5) is 5.82 Å². The fourth-order valence-electron chi connectivity index (χ4n) is 4.75. The van der Waals surface area contributed by atoms with E-state index in [9.17, 15) is 4.79 Å². The highest BCUT2D eigenvalue weighted by molar-refractivity contribution is 5.76. The lowest BCUT2D eigenvalue weighted by molar-refractivity contribution is -0.166. The van der Waals surface area contributed by atoms with Crippen molar-refractivity contribution in [1.82, 2.24) is 39.8 Å². The van der Waals surface area contributed by atoms with Crippen LogP contribution in [0.2, 0.25) is 0 Å². The fraction of sp³-hybridized carbons (Fsp3) is 0.654. The molecule has 2 aliphatic rings. The number of aryl methyl sites for hydroxylation is 1. The molecule has 0 radical (unpaired) electrons. The first-order valence-corrected chi connectivity index (χ1v) is 13.6. The number of nitrogens with two attached hydrogens (primary N) is 1. The van der Waals surface area contributed by atoms with Gasteiger partial charge in [-0.1, -0.05) is 20.8 Å². The van der Waals surface area contributed by atoms with E-state index in [1.807, 2.05) is 32.7 Å². The molecule has 1 amide bonds. The normalized spacial score (nSPS) is 19.0. The third kappa shape index (κ3) is 6.25. The van der Waals surface area contributed by atoms with E-state index in [1.54, 1.807) is 10.9 Å². The molecule has 2 saturated heterocycles. The lowest BCUT2D eigenvalue weighted by Crippen LogP contribution is -2.38. The maximum absolute atomic E-state index is 12.7. The first-order valence-electron chi connectivity index (χ1n) is 13.6. The van der Waals surface area contributed by atoms with Crippen LogP contribution >= 0.6 is 0 Å². The number of amides is 1. The topological polar surface area (TPSA) is 160 Å². The highest BCUT2D eigenvalue weighted by atomic mass is 16.7. The van der Waals surface area contributed by atoms with Crippen molar-refractivity contribution in [2.75, 3.05) is 32.0 Å². The van der Waals surface area contributed by atoms with Gasteiger partial charge in [0.15, 0.2) is 29.5 Å². The van der Waals surface area contributed by atoms with Gasteiger partial charge in [0.1, 0.15) is 5.69 Å². The Hall–Kier alpha value is -3.45. The van der Waals surface area contributed by atoms with Crippen LogP contribution in [0.15, 0.2) is 10.6 Å². The van der Waals surface area contributed by atoms with Gasteiger partial charge in [-0.15, -0.1) is 10.2 Å². The summed E-state index contributed by atoms with van der Waals surface area (Å²) < 4.78 is 18.8. The summed E-state index contributed by atoms with van der Waals surface area (Å²) in [5.41, 5.74) is 6.61. The van der Waals surface area contributed by atoms with Gasteiger partial charge < -0.3 is 24.5 Å². The molecule has 2 N–H and O–H groups in total. The molecular weight excluding hydrogens is 502 g/mol. The first-order chi connectivity index (χ1) is 18.7. The van der Waals surface area contributed by atoms with Crippen LogP contribution in [0.25, 0.3) is 23.1 Å². The largest absolute Gasteiger partial charge is 0.419 e. The minimum absolute atomic E-state index is 0.110. The number of carbonyl (C=O) groups excluding carboxylic acids is 1. The van der Waals surface area contributed by atoms with Gasteiger partial charge in [-0.3, -0.25) is 4.79 Å². The van der Waals surface area contributed by atoms with Gasteiger partial charge >= 0.3 is 0 Å². The summed E-state index contributed by atoms with van der Waals surface area (Å²) in [7, 11) is 1.82. The lowest BCUT2D eigenvalue weighted by atomic mass is 9.96. The summed E-state index contributed by atoms with van der Waals surface area (Å²) in [6.07, 6.45) is 6.43. The highest BCUT2D eigenvalue weighted by Crippen LogP contribution is 2.30. The standard InChI is InChI=1S/C26H37N9O4/c1-26(2,3)25-32-31-24(39-25)20-21(27)28-15-17(29-20)23-30-22(33-34(23)4)16-8-11-35(12-9-16)18(36)10-14-38-19-7-5-6-13-37-19/h15-16,19H,5-14H2,1-4H3,(H2,27,28). The molecule has 5 rings (SSSR count). The fourth-order valence-corrected chi connectivity index (χ4v) is 4.75. The van der Waals surface area contributed by atoms with Crippen molar-refractivity contribution >= 4 is 11.7 Å². The quantitative estimate of drug-likeness (QED) is 0.470. The van der Waals surface area contributed by atoms with E-state index in [1.165, 1.54) is 0 Å².